The molecule has 6 heteroatoms. The summed E-state index contributed by atoms with van der Waals surface area (Å²) in [5.41, 5.74) is 2.89. The third-order valence-corrected chi connectivity index (χ3v) is 4.06. The van der Waals surface area contributed by atoms with Gasteiger partial charge >= 0.3 is 0 Å². The largest absolute Gasteiger partial charge is 0.307 e. The van der Waals surface area contributed by atoms with Crippen LogP contribution >= 0.6 is 15.9 Å². The molecule has 0 unspecified atom stereocenters. The van der Waals surface area contributed by atoms with Gasteiger partial charge in [0, 0.05) is 23.9 Å². The van der Waals surface area contributed by atoms with E-state index in [2.05, 4.69) is 22.0 Å². The third kappa shape index (κ3) is 2.08. The second-order valence-electron chi connectivity index (χ2n) is 4.41. The number of rotatable bonds is 2. The lowest BCUT2D eigenvalue weighted by atomic mass is 10.1. The normalized spacial score (nSPS) is 10.5. The van der Waals surface area contributed by atoms with E-state index in [0.29, 0.717) is 5.69 Å². The Balaban J connectivity index is 2.27. The molecular weight excluding hydrogens is 334 g/mol. The van der Waals surface area contributed by atoms with Crippen molar-refractivity contribution >= 4 is 27.1 Å². The standard InChI is InChI=1S/C15H8BrN3O2/c16-15-12-3-1-2-8-18(12)13(9-17)14(15)10-4-6-11(7-5-10)19(20)21/h1-8H. The number of nitriles is 1. The third-order valence-electron chi connectivity index (χ3n) is 3.25. The van der Waals surface area contributed by atoms with Gasteiger partial charge in [-0.1, -0.05) is 6.07 Å². The van der Waals surface area contributed by atoms with Crippen molar-refractivity contribution in [1.29, 1.82) is 5.26 Å². The van der Waals surface area contributed by atoms with Crippen molar-refractivity contribution in [2.45, 2.75) is 0 Å². The van der Waals surface area contributed by atoms with Crippen LogP contribution in [0.1, 0.15) is 5.69 Å². The molecule has 102 valence electrons. The minimum Gasteiger partial charge on any atom is -0.307 e. The topological polar surface area (TPSA) is 71.3 Å². The van der Waals surface area contributed by atoms with E-state index in [0.717, 1.165) is 21.1 Å². The first-order valence-corrected chi connectivity index (χ1v) is 6.86. The highest BCUT2D eigenvalue weighted by Gasteiger charge is 2.18. The van der Waals surface area contributed by atoms with Crippen molar-refractivity contribution in [3.05, 3.63) is 68.9 Å². The predicted octanol–water partition coefficient (Wildman–Crippen LogP) is 4.15. The Morgan fingerprint density at radius 1 is 1.19 bits per heavy atom. The van der Waals surface area contributed by atoms with Gasteiger partial charge in [-0.05, 0) is 45.8 Å². The fraction of sp³-hybridized carbons (Fsp3) is 0. The molecule has 0 aliphatic carbocycles. The number of nitrogens with zero attached hydrogens (tertiary/aromatic N) is 3. The maximum atomic E-state index is 10.7. The Hall–Kier alpha value is -2.65. The zero-order chi connectivity index (χ0) is 15.0. The molecule has 2 aromatic heterocycles. The second-order valence-corrected chi connectivity index (χ2v) is 5.20. The minimum atomic E-state index is -0.444. The fourth-order valence-corrected chi connectivity index (χ4v) is 3.03. The molecule has 0 fully saturated rings. The number of pyridine rings is 1. The smallest absolute Gasteiger partial charge is 0.269 e. The summed E-state index contributed by atoms with van der Waals surface area (Å²) >= 11 is 3.52. The van der Waals surface area contributed by atoms with Crippen molar-refractivity contribution < 1.29 is 4.92 Å². The van der Waals surface area contributed by atoms with E-state index in [4.69, 9.17) is 0 Å². The maximum Gasteiger partial charge on any atom is 0.269 e. The highest BCUT2D eigenvalue weighted by atomic mass is 79.9. The molecule has 1 aromatic carbocycles. The molecule has 0 N–H and O–H groups in total. The van der Waals surface area contributed by atoms with Gasteiger partial charge in [0.05, 0.1) is 14.9 Å². The lowest BCUT2D eigenvalue weighted by Gasteiger charge is -2.00. The number of fused-ring (bicyclic) bond motifs is 1. The average Bonchev–Trinajstić information content (AvgIpc) is 2.80. The summed E-state index contributed by atoms with van der Waals surface area (Å²) in [5.74, 6) is 0. The molecule has 0 amide bonds. The van der Waals surface area contributed by atoms with Gasteiger partial charge in [0.15, 0.2) is 0 Å². The van der Waals surface area contributed by atoms with Crippen molar-refractivity contribution in [1.82, 2.24) is 4.40 Å². The number of benzene rings is 1. The van der Waals surface area contributed by atoms with E-state index in [1.54, 1.807) is 16.5 Å². The van der Waals surface area contributed by atoms with Gasteiger partial charge in [-0.2, -0.15) is 5.26 Å². The Kier molecular flexibility index (Phi) is 3.20. The molecule has 0 radical (unpaired) electrons. The number of non-ortho nitro benzene ring substituents is 1. The summed E-state index contributed by atoms with van der Waals surface area (Å²) in [6.45, 7) is 0. The Morgan fingerprint density at radius 3 is 2.52 bits per heavy atom. The lowest BCUT2D eigenvalue weighted by molar-refractivity contribution is -0.384. The van der Waals surface area contributed by atoms with Crippen LogP contribution < -0.4 is 0 Å². The molecule has 0 bridgehead atoms. The van der Waals surface area contributed by atoms with Gasteiger partial charge in [-0.3, -0.25) is 10.1 Å². The van der Waals surface area contributed by atoms with Crippen LogP contribution in [0.2, 0.25) is 0 Å². The molecule has 21 heavy (non-hydrogen) atoms. The van der Waals surface area contributed by atoms with Crippen molar-refractivity contribution in [3.63, 3.8) is 0 Å². The minimum absolute atomic E-state index is 0.0251. The molecule has 0 aliphatic heterocycles. The van der Waals surface area contributed by atoms with Gasteiger partial charge in [0.25, 0.3) is 5.69 Å². The highest BCUT2D eigenvalue weighted by Crippen LogP contribution is 2.37. The van der Waals surface area contributed by atoms with Crippen LogP contribution in [-0.4, -0.2) is 9.32 Å². The Morgan fingerprint density at radius 2 is 1.90 bits per heavy atom. The molecule has 0 spiro atoms. The van der Waals surface area contributed by atoms with E-state index >= 15 is 0 Å². The van der Waals surface area contributed by atoms with Crippen LogP contribution in [0, 0.1) is 21.4 Å². The molecule has 0 saturated heterocycles. The molecule has 3 aromatic rings. The zero-order valence-corrected chi connectivity index (χ0v) is 12.2. The summed E-state index contributed by atoms with van der Waals surface area (Å²) in [5, 5.41) is 20.2. The van der Waals surface area contributed by atoms with Gasteiger partial charge in [0.1, 0.15) is 11.8 Å². The number of halogens is 1. The van der Waals surface area contributed by atoms with Crippen molar-refractivity contribution in [2.75, 3.05) is 0 Å². The molecule has 0 aliphatic rings. The summed E-state index contributed by atoms with van der Waals surface area (Å²) in [4.78, 5) is 10.3. The molecule has 2 heterocycles. The SMILES string of the molecule is N#Cc1c(-c2ccc([N+](=O)[O-])cc2)c(Br)c2ccccn12. The first-order valence-electron chi connectivity index (χ1n) is 6.07. The maximum absolute atomic E-state index is 10.7. The van der Waals surface area contributed by atoms with Crippen LogP contribution in [0.5, 0.6) is 0 Å². The van der Waals surface area contributed by atoms with Crippen LogP contribution in [-0.2, 0) is 0 Å². The van der Waals surface area contributed by atoms with Gasteiger partial charge in [0.2, 0.25) is 0 Å². The predicted molar refractivity (Wildman–Crippen MR) is 81.9 cm³/mol. The molecule has 0 atom stereocenters. The van der Waals surface area contributed by atoms with E-state index in [9.17, 15) is 15.4 Å². The van der Waals surface area contributed by atoms with E-state index in [1.165, 1.54) is 12.1 Å². The zero-order valence-electron chi connectivity index (χ0n) is 10.7. The second kappa shape index (κ2) is 5.04. The van der Waals surface area contributed by atoms with E-state index in [-0.39, 0.29) is 5.69 Å². The number of aromatic nitrogens is 1. The monoisotopic (exact) mass is 341 g/mol. The first kappa shape index (κ1) is 13.3. The molecule has 0 saturated carbocycles. The summed E-state index contributed by atoms with van der Waals surface area (Å²) in [7, 11) is 0. The summed E-state index contributed by atoms with van der Waals surface area (Å²) < 4.78 is 2.59. The molecule has 3 rings (SSSR count). The van der Waals surface area contributed by atoms with Crippen LogP contribution in [0.3, 0.4) is 0 Å². The number of nitro benzene ring substituents is 1. The number of hydrogen-bond donors (Lipinski definition) is 0. The lowest BCUT2D eigenvalue weighted by Crippen LogP contribution is -1.89. The summed E-state index contributed by atoms with van der Waals surface area (Å²) in [6, 6.07) is 14.0. The van der Waals surface area contributed by atoms with Gasteiger partial charge in [-0.25, -0.2) is 0 Å². The van der Waals surface area contributed by atoms with Gasteiger partial charge in [-0.15, -0.1) is 0 Å². The Bertz CT molecular complexity index is 892. The van der Waals surface area contributed by atoms with Crippen molar-refractivity contribution in [3.8, 4) is 17.2 Å². The molecule has 5 nitrogen and oxygen atoms in total. The van der Waals surface area contributed by atoms with Crippen molar-refractivity contribution in [2.24, 2.45) is 0 Å². The number of nitro groups is 1. The highest BCUT2D eigenvalue weighted by molar-refractivity contribution is 9.10. The quantitative estimate of drug-likeness (QED) is 0.519. The van der Waals surface area contributed by atoms with Crippen LogP contribution in [0.4, 0.5) is 5.69 Å². The fourth-order valence-electron chi connectivity index (χ4n) is 2.29. The Labute approximate surface area is 128 Å². The summed E-state index contributed by atoms with van der Waals surface area (Å²) in [6.07, 6.45) is 1.81. The van der Waals surface area contributed by atoms with Crippen LogP contribution in [0.15, 0.2) is 53.1 Å². The molecular formula is C15H8BrN3O2. The van der Waals surface area contributed by atoms with Gasteiger partial charge < -0.3 is 4.40 Å². The number of hydrogen-bond acceptors (Lipinski definition) is 3. The first-order chi connectivity index (χ1) is 10.1. The van der Waals surface area contributed by atoms with E-state index < -0.39 is 4.92 Å². The van der Waals surface area contributed by atoms with E-state index in [1.807, 2.05) is 24.4 Å². The van der Waals surface area contributed by atoms with Crippen LogP contribution in [0.25, 0.3) is 16.6 Å². The average molecular weight is 342 g/mol.